The summed E-state index contributed by atoms with van der Waals surface area (Å²) >= 11 is 4.81. The van der Waals surface area contributed by atoms with Crippen molar-refractivity contribution >= 4 is 22.0 Å². The molecule has 6 heteroatoms. The highest BCUT2D eigenvalue weighted by atomic mass is 35.5. The zero-order valence-electron chi connectivity index (χ0n) is 4.55. The van der Waals surface area contributed by atoms with Crippen molar-refractivity contribution in [3.63, 3.8) is 0 Å². The van der Waals surface area contributed by atoms with Crippen molar-refractivity contribution in [1.29, 1.82) is 0 Å². The van der Waals surface area contributed by atoms with Gasteiger partial charge in [-0.1, -0.05) is 0 Å². The van der Waals surface area contributed by atoms with Gasteiger partial charge in [-0.25, -0.2) is 0 Å². The van der Waals surface area contributed by atoms with Crippen molar-refractivity contribution in [2.24, 2.45) is 0 Å². The zero-order chi connectivity index (χ0) is 6.78. The van der Waals surface area contributed by atoms with Crippen LogP contribution in [0.4, 0.5) is 0 Å². The van der Waals surface area contributed by atoms with Crippen LogP contribution in [0.15, 0.2) is 0 Å². The second-order valence-electron chi connectivity index (χ2n) is 1.36. The summed E-state index contributed by atoms with van der Waals surface area (Å²) in [6.45, 7) is 0. The Morgan fingerprint density at radius 1 is 1.50 bits per heavy atom. The lowest BCUT2D eigenvalue weighted by atomic mass is 11.3. The third kappa shape index (κ3) is 1.95. The molecule has 0 fully saturated rings. The van der Waals surface area contributed by atoms with Gasteiger partial charge in [0.15, 0.2) is 0 Å². The number of hydrogen-bond acceptors (Lipinski definition) is 2. The van der Waals surface area contributed by atoms with Crippen molar-refractivity contribution in [3.05, 3.63) is 0 Å². The van der Waals surface area contributed by atoms with E-state index < -0.39 is 10.2 Å². The van der Waals surface area contributed by atoms with Crippen LogP contribution in [0.3, 0.4) is 0 Å². The lowest BCUT2D eigenvalue weighted by molar-refractivity contribution is 0.518. The molecule has 0 atom stereocenters. The second-order valence-corrected chi connectivity index (χ2v) is 3.66. The smallest absolute Gasteiger partial charge is 0.194 e. The van der Waals surface area contributed by atoms with Gasteiger partial charge in [-0.15, -0.1) is 4.24 Å². The van der Waals surface area contributed by atoms with Gasteiger partial charge in [0, 0.05) is 14.1 Å². The Labute approximate surface area is 53.7 Å². The molecular formula is C2H7ClN2O2S. The number of nitrogens with one attached hydrogen (secondary N) is 1. The molecule has 0 saturated carbocycles. The van der Waals surface area contributed by atoms with Gasteiger partial charge >= 0.3 is 0 Å². The number of halogens is 1. The average Bonchev–Trinajstić information content (AvgIpc) is 1.67. The summed E-state index contributed by atoms with van der Waals surface area (Å²) in [6, 6.07) is 0. The molecule has 0 saturated heterocycles. The Morgan fingerprint density at radius 3 is 1.88 bits per heavy atom. The van der Waals surface area contributed by atoms with Gasteiger partial charge in [0.2, 0.25) is 0 Å². The molecule has 0 spiro atoms. The number of rotatable bonds is 2. The van der Waals surface area contributed by atoms with Crippen LogP contribution in [-0.2, 0) is 10.2 Å². The minimum Gasteiger partial charge on any atom is -0.194 e. The maximum atomic E-state index is 10.4. The molecule has 0 unspecified atom stereocenters. The van der Waals surface area contributed by atoms with E-state index in [1.54, 1.807) is 4.24 Å². The van der Waals surface area contributed by atoms with Crippen molar-refractivity contribution < 1.29 is 8.42 Å². The van der Waals surface area contributed by atoms with Crippen molar-refractivity contribution in [3.8, 4) is 0 Å². The van der Waals surface area contributed by atoms with Gasteiger partial charge in [-0.05, 0) is 11.8 Å². The highest BCUT2D eigenvalue weighted by Crippen LogP contribution is 1.86. The van der Waals surface area contributed by atoms with Crippen LogP contribution in [0.1, 0.15) is 0 Å². The minimum absolute atomic E-state index is 0.972. The Morgan fingerprint density at radius 2 is 1.88 bits per heavy atom. The summed E-state index contributed by atoms with van der Waals surface area (Å²) in [5, 5.41) is 0. The molecule has 0 aromatic rings. The highest BCUT2D eigenvalue weighted by Gasteiger charge is 2.08. The first-order chi connectivity index (χ1) is 3.50. The number of hydrogen-bond donors (Lipinski definition) is 1. The van der Waals surface area contributed by atoms with E-state index in [1.807, 2.05) is 0 Å². The summed E-state index contributed by atoms with van der Waals surface area (Å²) in [7, 11) is -0.628. The van der Waals surface area contributed by atoms with E-state index in [4.69, 9.17) is 11.8 Å². The molecule has 0 radical (unpaired) electrons. The Balaban J connectivity index is 4.17. The summed E-state index contributed by atoms with van der Waals surface area (Å²) in [4.78, 5) is 0. The summed E-state index contributed by atoms with van der Waals surface area (Å²) in [5.41, 5.74) is 0. The molecule has 0 aromatic heterocycles. The van der Waals surface area contributed by atoms with E-state index >= 15 is 0 Å². The van der Waals surface area contributed by atoms with Gasteiger partial charge < -0.3 is 0 Å². The van der Waals surface area contributed by atoms with Gasteiger partial charge in [-0.2, -0.15) is 12.7 Å². The van der Waals surface area contributed by atoms with Crippen LogP contribution in [-0.4, -0.2) is 26.8 Å². The number of nitrogens with zero attached hydrogens (tertiary/aromatic N) is 1. The average molecular weight is 159 g/mol. The summed E-state index contributed by atoms with van der Waals surface area (Å²) < 4.78 is 23.3. The summed E-state index contributed by atoms with van der Waals surface area (Å²) in [6.07, 6.45) is 0. The van der Waals surface area contributed by atoms with E-state index in [0.29, 0.717) is 0 Å². The van der Waals surface area contributed by atoms with Crippen LogP contribution in [0, 0.1) is 0 Å². The molecule has 1 N–H and O–H groups in total. The van der Waals surface area contributed by atoms with Gasteiger partial charge in [0.05, 0.1) is 0 Å². The van der Waals surface area contributed by atoms with Crippen molar-refractivity contribution in [2.75, 3.05) is 14.1 Å². The highest BCUT2D eigenvalue weighted by molar-refractivity contribution is 7.88. The molecule has 0 heterocycles. The first-order valence-corrected chi connectivity index (χ1v) is 3.62. The van der Waals surface area contributed by atoms with E-state index in [1.165, 1.54) is 14.1 Å². The first kappa shape index (κ1) is 8.16. The normalized spacial score (nSPS) is 12.5. The molecule has 8 heavy (non-hydrogen) atoms. The van der Waals surface area contributed by atoms with Crippen LogP contribution in [0.5, 0.6) is 0 Å². The topological polar surface area (TPSA) is 49.4 Å². The molecule has 0 amide bonds. The van der Waals surface area contributed by atoms with E-state index in [9.17, 15) is 8.42 Å². The fraction of sp³-hybridized carbons (Fsp3) is 1.00. The molecule has 0 bridgehead atoms. The predicted octanol–water partition coefficient (Wildman–Crippen LogP) is -0.464. The maximum Gasteiger partial charge on any atom is 0.292 e. The second kappa shape index (κ2) is 2.63. The quantitative estimate of drug-likeness (QED) is 0.553. The first-order valence-electron chi connectivity index (χ1n) is 1.80. The van der Waals surface area contributed by atoms with Gasteiger partial charge in [0.1, 0.15) is 0 Å². The zero-order valence-corrected chi connectivity index (χ0v) is 6.12. The molecule has 0 aliphatic rings. The van der Waals surface area contributed by atoms with E-state index in [2.05, 4.69) is 0 Å². The van der Waals surface area contributed by atoms with Crippen molar-refractivity contribution in [1.82, 2.24) is 8.55 Å². The molecule has 0 aliphatic heterocycles. The molecule has 0 rings (SSSR count). The van der Waals surface area contributed by atoms with Gasteiger partial charge in [0.25, 0.3) is 10.2 Å². The maximum absolute atomic E-state index is 10.4. The van der Waals surface area contributed by atoms with Crippen LogP contribution in [0.25, 0.3) is 0 Å². The molecule has 0 aromatic carbocycles. The third-order valence-electron chi connectivity index (χ3n) is 0.578. The standard InChI is InChI=1S/C2H7ClN2O2S/c1-5(2)8(6,7)4-3/h4H,1-2H3. The molecule has 4 nitrogen and oxygen atoms in total. The predicted molar refractivity (Wildman–Crippen MR) is 31.6 cm³/mol. The van der Waals surface area contributed by atoms with Gasteiger partial charge in [-0.3, -0.25) is 0 Å². The summed E-state index contributed by atoms with van der Waals surface area (Å²) in [5.74, 6) is 0. The lowest BCUT2D eigenvalue weighted by Crippen LogP contribution is -2.29. The molecule has 50 valence electrons. The fourth-order valence-corrected chi connectivity index (χ4v) is 0.621. The lowest BCUT2D eigenvalue weighted by Gasteiger charge is -2.05. The SMILES string of the molecule is CN(C)S(=O)(=O)NCl. The monoisotopic (exact) mass is 158 g/mol. The minimum atomic E-state index is -3.39. The van der Waals surface area contributed by atoms with Crippen LogP contribution >= 0.6 is 11.8 Å². The van der Waals surface area contributed by atoms with E-state index in [-0.39, 0.29) is 0 Å². The van der Waals surface area contributed by atoms with Crippen LogP contribution in [0.2, 0.25) is 0 Å². The Hall–Kier alpha value is 0.160. The molecular weight excluding hydrogens is 152 g/mol. The van der Waals surface area contributed by atoms with E-state index in [0.717, 1.165) is 4.31 Å². The largest absolute Gasteiger partial charge is 0.292 e. The van der Waals surface area contributed by atoms with Crippen LogP contribution < -0.4 is 4.24 Å². The Bertz CT molecular complexity index is 151. The third-order valence-corrected chi connectivity index (χ3v) is 2.32. The fourth-order valence-electron chi connectivity index (χ4n) is 0.0690. The Kier molecular flexibility index (Phi) is 2.68. The molecule has 0 aliphatic carbocycles. The van der Waals surface area contributed by atoms with Crippen molar-refractivity contribution in [2.45, 2.75) is 0 Å².